The number of non-ortho nitro benzene ring substituents is 1. The summed E-state index contributed by atoms with van der Waals surface area (Å²) in [6, 6.07) is 2.44. The lowest BCUT2D eigenvalue weighted by atomic mass is 10.1. The molecule has 0 aliphatic heterocycles. The number of carbonyl (C=O) groups excluding carboxylic acids is 1. The van der Waals surface area contributed by atoms with Crippen molar-refractivity contribution in [2.75, 3.05) is 14.2 Å². The zero-order chi connectivity index (χ0) is 13.7. The number of ether oxygens (including phenoxy) is 3. The highest BCUT2D eigenvalue weighted by atomic mass is 16.6. The maximum atomic E-state index is 10.7. The lowest BCUT2D eigenvalue weighted by Gasteiger charge is -2.12. The quantitative estimate of drug-likeness (QED) is 0.625. The van der Waals surface area contributed by atoms with Gasteiger partial charge in [-0.15, -0.1) is 0 Å². The number of hydrogen-bond donors (Lipinski definition) is 1. The molecule has 98 valence electrons. The van der Waals surface area contributed by atoms with Crippen LogP contribution in [0.15, 0.2) is 12.1 Å². The van der Waals surface area contributed by atoms with Crippen molar-refractivity contribution >= 4 is 11.8 Å². The van der Waals surface area contributed by atoms with Crippen LogP contribution in [-0.4, -0.2) is 25.2 Å². The van der Waals surface area contributed by atoms with Crippen LogP contribution in [0, 0.1) is 10.1 Å². The summed E-state index contributed by atoms with van der Waals surface area (Å²) in [4.78, 5) is 20.7. The number of carbonyl (C=O) groups is 1. The van der Waals surface area contributed by atoms with Gasteiger partial charge in [0.2, 0.25) is 0 Å². The summed E-state index contributed by atoms with van der Waals surface area (Å²) < 4.78 is 14.6. The number of benzene rings is 1. The summed E-state index contributed by atoms with van der Waals surface area (Å²) in [5.74, 6) is 0.430. The number of nitrogens with two attached hydrogens (primary N) is 1. The molecule has 0 aliphatic rings. The Balaban J connectivity index is 3.21. The number of nitro benzene ring substituents is 1. The third-order valence-electron chi connectivity index (χ3n) is 2.12. The molecule has 18 heavy (non-hydrogen) atoms. The Morgan fingerprint density at radius 3 is 2.50 bits per heavy atom. The topological polar surface area (TPSA) is 114 Å². The van der Waals surface area contributed by atoms with Gasteiger partial charge in [0.25, 0.3) is 5.69 Å². The van der Waals surface area contributed by atoms with Crippen LogP contribution in [0.2, 0.25) is 0 Å². The van der Waals surface area contributed by atoms with Crippen molar-refractivity contribution in [3.05, 3.63) is 27.8 Å². The maximum Gasteiger partial charge on any atom is 0.404 e. The molecule has 0 fully saturated rings. The standard InChI is InChI=1S/C10H12N2O6/c1-16-8-4-7(12(14)15)3-6(9(8)17-2)5-18-10(11)13/h3-4H,5H2,1-2H3,(H2,11,13). The van der Waals surface area contributed by atoms with Gasteiger partial charge in [-0.25, -0.2) is 4.79 Å². The predicted molar refractivity (Wildman–Crippen MR) is 60.6 cm³/mol. The first-order chi connectivity index (χ1) is 8.49. The first-order valence-corrected chi connectivity index (χ1v) is 4.81. The predicted octanol–water partition coefficient (Wildman–Crippen LogP) is 1.21. The zero-order valence-corrected chi connectivity index (χ0v) is 9.84. The van der Waals surface area contributed by atoms with Crippen molar-refractivity contribution in [1.82, 2.24) is 0 Å². The minimum absolute atomic E-state index is 0.176. The van der Waals surface area contributed by atoms with Crippen LogP contribution < -0.4 is 15.2 Å². The lowest BCUT2D eigenvalue weighted by Crippen LogP contribution is -2.13. The molecule has 0 spiro atoms. The number of nitrogens with zero attached hydrogens (tertiary/aromatic N) is 1. The molecule has 0 unspecified atom stereocenters. The Labute approximate surface area is 102 Å². The number of rotatable bonds is 5. The van der Waals surface area contributed by atoms with E-state index in [4.69, 9.17) is 15.2 Å². The largest absolute Gasteiger partial charge is 0.493 e. The monoisotopic (exact) mass is 256 g/mol. The Hall–Kier alpha value is -2.51. The summed E-state index contributed by atoms with van der Waals surface area (Å²) in [5, 5.41) is 10.7. The second kappa shape index (κ2) is 5.71. The number of amides is 1. The Bertz CT molecular complexity index is 474. The van der Waals surface area contributed by atoms with Crippen molar-refractivity contribution in [1.29, 1.82) is 0 Å². The Morgan fingerprint density at radius 1 is 1.39 bits per heavy atom. The van der Waals surface area contributed by atoms with E-state index in [9.17, 15) is 14.9 Å². The molecule has 0 heterocycles. The summed E-state index contributed by atoms with van der Waals surface area (Å²) in [6.45, 7) is -0.240. The molecule has 8 heteroatoms. The van der Waals surface area contributed by atoms with Crippen LogP contribution in [0.25, 0.3) is 0 Å². The van der Waals surface area contributed by atoms with Crippen LogP contribution in [0.5, 0.6) is 11.5 Å². The van der Waals surface area contributed by atoms with Crippen LogP contribution in [-0.2, 0) is 11.3 Å². The smallest absolute Gasteiger partial charge is 0.404 e. The maximum absolute atomic E-state index is 10.7. The SMILES string of the molecule is COc1cc([N+](=O)[O-])cc(COC(N)=O)c1OC. The van der Waals surface area contributed by atoms with Gasteiger partial charge in [-0.05, 0) is 0 Å². The van der Waals surface area contributed by atoms with Crippen molar-refractivity contribution in [3.63, 3.8) is 0 Å². The molecule has 8 nitrogen and oxygen atoms in total. The van der Waals surface area contributed by atoms with Gasteiger partial charge in [0.1, 0.15) is 6.61 Å². The molecule has 2 N–H and O–H groups in total. The molecule has 0 atom stereocenters. The Kier molecular flexibility index (Phi) is 4.30. The van der Waals surface area contributed by atoms with E-state index in [1.54, 1.807) is 0 Å². The highest BCUT2D eigenvalue weighted by Crippen LogP contribution is 2.35. The molecule has 1 amide bonds. The third-order valence-corrected chi connectivity index (χ3v) is 2.12. The van der Waals surface area contributed by atoms with Gasteiger partial charge in [-0.3, -0.25) is 10.1 Å². The fourth-order valence-corrected chi connectivity index (χ4v) is 1.39. The van der Waals surface area contributed by atoms with Crippen LogP contribution in [0.4, 0.5) is 10.5 Å². The van der Waals surface area contributed by atoms with Crippen LogP contribution in [0.1, 0.15) is 5.56 Å². The minimum Gasteiger partial charge on any atom is -0.493 e. The van der Waals surface area contributed by atoms with E-state index in [-0.39, 0.29) is 23.8 Å². The Morgan fingerprint density at radius 2 is 2.06 bits per heavy atom. The number of hydrogen-bond acceptors (Lipinski definition) is 6. The molecule has 0 bridgehead atoms. The summed E-state index contributed by atoms with van der Waals surface area (Å²) in [7, 11) is 2.72. The molecule has 1 rings (SSSR count). The van der Waals surface area contributed by atoms with Gasteiger partial charge in [0, 0.05) is 11.6 Å². The molecule has 0 aliphatic carbocycles. The van der Waals surface area contributed by atoms with Gasteiger partial charge in [-0.1, -0.05) is 0 Å². The molecule has 1 aromatic carbocycles. The van der Waals surface area contributed by atoms with E-state index in [1.165, 1.54) is 26.4 Å². The molecule has 0 aromatic heterocycles. The average Bonchev–Trinajstić information content (AvgIpc) is 2.34. The van der Waals surface area contributed by atoms with Crippen LogP contribution in [0.3, 0.4) is 0 Å². The van der Waals surface area contributed by atoms with Crippen LogP contribution >= 0.6 is 0 Å². The first-order valence-electron chi connectivity index (χ1n) is 4.81. The number of nitro groups is 1. The number of primary amides is 1. The second-order valence-corrected chi connectivity index (χ2v) is 3.21. The van der Waals surface area contributed by atoms with E-state index in [0.717, 1.165) is 0 Å². The average molecular weight is 256 g/mol. The van der Waals surface area contributed by atoms with E-state index in [0.29, 0.717) is 5.56 Å². The normalized spacial score (nSPS) is 9.67. The molecule has 1 aromatic rings. The highest BCUT2D eigenvalue weighted by molar-refractivity contribution is 5.65. The van der Waals surface area contributed by atoms with E-state index in [2.05, 4.69) is 4.74 Å². The third kappa shape index (κ3) is 3.00. The second-order valence-electron chi connectivity index (χ2n) is 3.21. The molecule has 0 saturated heterocycles. The molecular formula is C10H12N2O6. The summed E-state index contributed by atoms with van der Waals surface area (Å²) in [6.07, 6.45) is -0.984. The van der Waals surface area contributed by atoms with Gasteiger partial charge in [-0.2, -0.15) is 0 Å². The molecular weight excluding hydrogens is 244 g/mol. The van der Waals surface area contributed by atoms with E-state index >= 15 is 0 Å². The van der Waals surface area contributed by atoms with Crippen molar-refractivity contribution < 1.29 is 23.9 Å². The lowest BCUT2D eigenvalue weighted by molar-refractivity contribution is -0.385. The van der Waals surface area contributed by atoms with E-state index in [1.807, 2.05) is 0 Å². The van der Waals surface area contributed by atoms with Gasteiger partial charge in [0.05, 0.1) is 25.2 Å². The molecule has 0 saturated carbocycles. The zero-order valence-electron chi connectivity index (χ0n) is 9.84. The fraction of sp³-hybridized carbons (Fsp3) is 0.300. The van der Waals surface area contributed by atoms with Crippen molar-refractivity contribution in [2.24, 2.45) is 5.73 Å². The highest BCUT2D eigenvalue weighted by Gasteiger charge is 2.18. The molecule has 0 radical (unpaired) electrons. The fourth-order valence-electron chi connectivity index (χ4n) is 1.39. The first kappa shape index (κ1) is 13.6. The summed E-state index contributed by atoms with van der Waals surface area (Å²) >= 11 is 0. The minimum atomic E-state index is -0.984. The van der Waals surface area contributed by atoms with Gasteiger partial charge < -0.3 is 19.9 Å². The van der Waals surface area contributed by atoms with Crippen molar-refractivity contribution in [3.8, 4) is 11.5 Å². The number of methoxy groups -OCH3 is 2. The van der Waals surface area contributed by atoms with E-state index < -0.39 is 11.0 Å². The van der Waals surface area contributed by atoms with Gasteiger partial charge in [0.15, 0.2) is 11.5 Å². The van der Waals surface area contributed by atoms with Crippen molar-refractivity contribution in [2.45, 2.75) is 6.61 Å². The van der Waals surface area contributed by atoms with Gasteiger partial charge >= 0.3 is 6.09 Å². The summed E-state index contributed by atoms with van der Waals surface area (Å²) in [5.41, 5.74) is 4.93.